The average Bonchev–Trinajstić information content (AvgIpc) is 4.40. The Bertz CT molecular complexity index is 1830. The SMILES string of the molecule is O=NCCCCC1C(CC2CCC(CC3CCC(CCC4CC(CC5CCCC5)C4)C3)C2)CCC1CC1CCC(CC2C(CCN=O)CC(CCC3CCC(CC4CCC(C5CCCCC5)CC4CCN=O)C3)C2CCC2CCC2)C1. The average molecular weight is 1120 g/mol. The normalized spacial score (nSPS) is 41.5. The van der Waals surface area contributed by atoms with Gasteiger partial charge in [0, 0.05) is 0 Å². The molecule has 11 saturated carbocycles. The highest BCUT2D eigenvalue weighted by Gasteiger charge is 2.47. The maximum absolute atomic E-state index is 11.8. The van der Waals surface area contributed by atoms with Crippen LogP contribution >= 0.6 is 0 Å². The van der Waals surface area contributed by atoms with Gasteiger partial charge >= 0.3 is 0 Å². The molecule has 18 atom stereocenters. The number of rotatable bonds is 33. The van der Waals surface area contributed by atoms with Gasteiger partial charge in [-0.1, -0.05) is 176 Å². The van der Waals surface area contributed by atoms with Gasteiger partial charge in [0.15, 0.2) is 0 Å². The molecule has 0 aromatic heterocycles. The van der Waals surface area contributed by atoms with E-state index in [0.717, 1.165) is 149 Å². The second-order valence-corrected chi connectivity index (χ2v) is 33.4. The summed E-state index contributed by atoms with van der Waals surface area (Å²) >= 11 is 0. The van der Waals surface area contributed by atoms with Gasteiger partial charge < -0.3 is 0 Å². The molecule has 11 aliphatic rings. The summed E-state index contributed by atoms with van der Waals surface area (Å²) in [5.41, 5.74) is 0. The van der Waals surface area contributed by atoms with Crippen molar-refractivity contribution in [3.63, 3.8) is 0 Å². The van der Waals surface area contributed by atoms with Crippen LogP contribution in [0, 0.1) is 151 Å². The van der Waals surface area contributed by atoms with Gasteiger partial charge in [-0.15, -0.1) is 0 Å². The topological polar surface area (TPSA) is 88.3 Å². The van der Waals surface area contributed by atoms with Crippen molar-refractivity contribution in [1.82, 2.24) is 0 Å². The predicted molar refractivity (Wildman–Crippen MR) is 338 cm³/mol. The summed E-state index contributed by atoms with van der Waals surface area (Å²) < 4.78 is 0. The van der Waals surface area contributed by atoms with Crippen LogP contribution in [0.15, 0.2) is 15.5 Å². The van der Waals surface area contributed by atoms with E-state index in [1.54, 1.807) is 70.6 Å². The fourth-order valence-corrected chi connectivity index (χ4v) is 24.1. The minimum absolute atomic E-state index is 0.513. The Labute approximate surface area is 498 Å². The van der Waals surface area contributed by atoms with Crippen molar-refractivity contribution in [1.29, 1.82) is 0 Å². The Morgan fingerprint density at radius 3 is 1.33 bits per heavy atom. The quantitative estimate of drug-likeness (QED) is 0.0484. The van der Waals surface area contributed by atoms with E-state index in [2.05, 4.69) is 15.5 Å². The maximum atomic E-state index is 11.8. The van der Waals surface area contributed by atoms with Crippen molar-refractivity contribution in [2.24, 2.45) is 152 Å². The third kappa shape index (κ3) is 17.5. The van der Waals surface area contributed by atoms with E-state index >= 15 is 0 Å². The minimum atomic E-state index is 0.513. The van der Waals surface area contributed by atoms with Crippen LogP contribution in [0.2, 0.25) is 0 Å². The first kappa shape index (κ1) is 61.4. The largest absolute Gasteiger partial charge is 0.151 e. The second-order valence-electron chi connectivity index (χ2n) is 33.4. The van der Waals surface area contributed by atoms with Crippen molar-refractivity contribution < 1.29 is 0 Å². The molecule has 0 spiro atoms. The number of hydrogen-bond acceptors (Lipinski definition) is 6. The summed E-state index contributed by atoms with van der Waals surface area (Å²) in [6.07, 6.45) is 71.1. The molecule has 11 rings (SSSR count). The summed E-state index contributed by atoms with van der Waals surface area (Å²) in [5, 5.41) is 10.2. The van der Waals surface area contributed by atoms with Gasteiger partial charge in [-0.25, -0.2) is 0 Å². The van der Waals surface area contributed by atoms with Gasteiger partial charge in [-0.2, -0.15) is 14.7 Å². The third-order valence-electron chi connectivity index (χ3n) is 28.5. The molecule has 0 aliphatic heterocycles. The van der Waals surface area contributed by atoms with E-state index in [1.807, 2.05) is 0 Å². The Kier molecular flexibility index (Phi) is 24.0. The van der Waals surface area contributed by atoms with Crippen molar-refractivity contribution in [3.8, 4) is 0 Å². The number of unbranched alkanes of at least 4 members (excludes halogenated alkanes) is 1. The van der Waals surface area contributed by atoms with E-state index in [0.29, 0.717) is 25.6 Å². The van der Waals surface area contributed by atoms with E-state index in [1.165, 1.54) is 225 Å². The van der Waals surface area contributed by atoms with Crippen molar-refractivity contribution >= 4 is 0 Å². The highest BCUT2D eigenvalue weighted by Crippen LogP contribution is 2.57. The first-order valence-electron chi connectivity index (χ1n) is 37.8. The molecular formula is C75H127N3O3. The summed E-state index contributed by atoms with van der Waals surface area (Å²) in [4.78, 5) is 34.4. The van der Waals surface area contributed by atoms with E-state index < -0.39 is 0 Å². The molecule has 0 N–H and O–H groups in total. The monoisotopic (exact) mass is 1120 g/mol. The highest BCUT2D eigenvalue weighted by molar-refractivity contribution is 4.97. The predicted octanol–water partition coefficient (Wildman–Crippen LogP) is 22.7. The summed E-state index contributed by atoms with van der Waals surface area (Å²) in [5.74, 6) is 21.4. The van der Waals surface area contributed by atoms with Crippen LogP contribution in [0.1, 0.15) is 315 Å². The van der Waals surface area contributed by atoms with E-state index in [-0.39, 0.29) is 0 Å². The van der Waals surface area contributed by atoms with Crippen LogP contribution in [-0.2, 0) is 0 Å². The Balaban J connectivity index is 0.633. The molecule has 0 bridgehead atoms. The van der Waals surface area contributed by atoms with Gasteiger partial charge in [0.25, 0.3) is 0 Å². The lowest BCUT2D eigenvalue weighted by molar-refractivity contribution is 0.0959. The zero-order valence-electron chi connectivity index (χ0n) is 52.6. The molecule has 6 heteroatoms. The first-order valence-corrected chi connectivity index (χ1v) is 37.8. The van der Waals surface area contributed by atoms with Crippen LogP contribution in [-0.4, -0.2) is 19.6 Å². The zero-order valence-corrected chi connectivity index (χ0v) is 52.6. The zero-order chi connectivity index (χ0) is 55.2. The molecule has 81 heavy (non-hydrogen) atoms. The summed E-state index contributed by atoms with van der Waals surface area (Å²) in [7, 11) is 0. The molecule has 0 heterocycles. The molecule has 460 valence electrons. The fraction of sp³-hybridized carbons (Fsp3) is 1.00. The molecule has 0 aromatic carbocycles. The molecule has 11 aliphatic carbocycles. The third-order valence-corrected chi connectivity index (χ3v) is 28.5. The molecule has 0 amide bonds. The van der Waals surface area contributed by atoms with Crippen molar-refractivity contribution in [2.45, 2.75) is 315 Å². The van der Waals surface area contributed by atoms with Crippen LogP contribution in [0.25, 0.3) is 0 Å². The van der Waals surface area contributed by atoms with E-state index in [4.69, 9.17) is 0 Å². The number of nitroso groups, excluding NO2 is 3. The van der Waals surface area contributed by atoms with Crippen LogP contribution in [0.5, 0.6) is 0 Å². The smallest absolute Gasteiger partial charge is 0.0813 e. The Morgan fingerprint density at radius 1 is 0.222 bits per heavy atom. The van der Waals surface area contributed by atoms with Gasteiger partial charge in [0.05, 0.1) is 19.6 Å². The number of nitrogens with zero attached hydrogens (tertiary/aromatic N) is 3. The summed E-state index contributed by atoms with van der Waals surface area (Å²) in [6, 6.07) is 0. The first-order chi connectivity index (χ1) is 39.9. The molecule has 0 aromatic rings. The molecule has 0 saturated heterocycles. The van der Waals surface area contributed by atoms with Gasteiger partial charge in [-0.3, -0.25) is 0 Å². The highest BCUT2D eigenvalue weighted by atomic mass is 16.3. The Morgan fingerprint density at radius 2 is 0.704 bits per heavy atom. The number of hydrogen-bond donors (Lipinski definition) is 0. The molecular weight excluding hydrogens is 991 g/mol. The van der Waals surface area contributed by atoms with Gasteiger partial charge in [0.1, 0.15) is 0 Å². The van der Waals surface area contributed by atoms with Crippen LogP contribution < -0.4 is 0 Å². The standard InChI is InChI=1S/C75H127N3O3/c79-76-36-7-6-15-73-69(48-61-23-22-58(43-61)42-57-19-16-55(39-57)17-20-59-45-64(46-59)41-54-9-4-5-10-54)31-32-70(73)49-62-24-25-63(44-62)50-75-72(35-38-78-81)52-71(74(75)33-27-53-11-8-12-53)28-26-56-18-21-60(40-56)47-66-29-30-67(51-68(66)34-37-77-80)65-13-2-1-3-14-65/h53-75H,1-52H2. The lowest BCUT2D eigenvalue weighted by Crippen LogP contribution is -2.31. The second kappa shape index (κ2) is 31.6. The molecule has 6 nitrogen and oxygen atoms in total. The van der Waals surface area contributed by atoms with Crippen molar-refractivity contribution in [3.05, 3.63) is 14.7 Å². The van der Waals surface area contributed by atoms with Crippen LogP contribution in [0.4, 0.5) is 0 Å². The van der Waals surface area contributed by atoms with Crippen molar-refractivity contribution in [2.75, 3.05) is 19.6 Å². The van der Waals surface area contributed by atoms with Crippen LogP contribution in [0.3, 0.4) is 0 Å². The minimum Gasteiger partial charge on any atom is -0.151 e. The fourth-order valence-electron chi connectivity index (χ4n) is 24.1. The lowest BCUT2D eigenvalue weighted by atomic mass is 9.64. The van der Waals surface area contributed by atoms with E-state index in [9.17, 15) is 14.7 Å². The molecule has 18 unspecified atom stereocenters. The van der Waals surface area contributed by atoms with Gasteiger partial charge in [-0.05, 0) is 290 Å². The summed E-state index contributed by atoms with van der Waals surface area (Å²) in [6.45, 7) is 1.58. The Hall–Kier alpha value is -1.20. The molecule has 0 radical (unpaired) electrons. The molecule has 11 fully saturated rings. The lowest BCUT2D eigenvalue weighted by Gasteiger charge is -2.41. The van der Waals surface area contributed by atoms with Gasteiger partial charge in [0.2, 0.25) is 0 Å². The maximum Gasteiger partial charge on any atom is 0.0813 e.